The molecule has 0 atom stereocenters. The van der Waals surface area contributed by atoms with Gasteiger partial charge in [0, 0.05) is 0 Å². The summed E-state index contributed by atoms with van der Waals surface area (Å²) in [5.41, 5.74) is 6.49. The molecule has 0 saturated carbocycles. The highest BCUT2D eigenvalue weighted by molar-refractivity contribution is 8.00. The van der Waals surface area contributed by atoms with E-state index in [0.717, 1.165) is 0 Å². The normalized spacial score (nSPS) is 10.8. The Morgan fingerprint density at radius 2 is 1.55 bits per heavy atom. The quantitative estimate of drug-likeness (QED) is 0.919. The lowest BCUT2D eigenvalue weighted by molar-refractivity contribution is -0.115. The van der Waals surface area contributed by atoms with Crippen molar-refractivity contribution in [2.24, 2.45) is 5.73 Å². The zero-order chi connectivity index (χ0) is 14.5. The van der Waals surface area contributed by atoms with Gasteiger partial charge in [-0.25, -0.2) is 8.78 Å². The standard InChI is InChI=1S/C15H13F2NOS/c16-12-5-1-3-10(7-12)15(20-9-14(18)19)11-4-2-6-13(17)8-11/h1-8,15H,9H2,(H2,18,19). The van der Waals surface area contributed by atoms with E-state index in [9.17, 15) is 13.6 Å². The zero-order valence-corrected chi connectivity index (χ0v) is 11.4. The Labute approximate surface area is 120 Å². The molecule has 0 aliphatic rings. The van der Waals surface area contributed by atoms with Crippen LogP contribution in [0.25, 0.3) is 0 Å². The number of hydrogen-bond acceptors (Lipinski definition) is 2. The van der Waals surface area contributed by atoms with Gasteiger partial charge in [-0.15, -0.1) is 11.8 Å². The molecule has 0 radical (unpaired) electrons. The van der Waals surface area contributed by atoms with Crippen molar-refractivity contribution >= 4 is 17.7 Å². The topological polar surface area (TPSA) is 43.1 Å². The van der Waals surface area contributed by atoms with Crippen molar-refractivity contribution in [2.45, 2.75) is 5.25 Å². The monoisotopic (exact) mass is 293 g/mol. The van der Waals surface area contributed by atoms with Crippen LogP contribution in [0.4, 0.5) is 8.78 Å². The number of nitrogens with two attached hydrogens (primary N) is 1. The van der Waals surface area contributed by atoms with E-state index in [0.29, 0.717) is 11.1 Å². The lowest BCUT2D eigenvalue weighted by atomic mass is 10.0. The molecule has 5 heteroatoms. The minimum Gasteiger partial charge on any atom is -0.369 e. The first kappa shape index (κ1) is 14.5. The van der Waals surface area contributed by atoms with E-state index in [1.165, 1.54) is 36.0 Å². The maximum atomic E-state index is 13.3. The molecule has 0 aliphatic carbocycles. The summed E-state index contributed by atoms with van der Waals surface area (Å²) in [6.45, 7) is 0. The maximum absolute atomic E-state index is 13.3. The van der Waals surface area contributed by atoms with Gasteiger partial charge in [0.25, 0.3) is 0 Å². The molecule has 0 bridgehead atoms. The predicted molar refractivity (Wildman–Crippen MR) is 76.3 cm³/mol. The summed E-state index contributed by atoms with van der Waals surface area (Å²) in [5, 5.41) is -0.339. The van der Waals surface area contributed by atoms with E-state index in [1.54, 1.807) is 24.3 Å². The minimum atomic E-state index is -0.465. The van der Waals surface area contributed by atoms with Gasteiger partial charge < -0.3 is 5.73 Å². The second-order valence-corrected chi connectivity index (χ2v) is 5.36. The number of thioether (sulfide) groups is 1. The summed E-state index contributed by atoms with van der Waals surface area (Å²) in [4.78, 5) is 11.0. The van der Waals surface area contributed by atoms with Gasteiger partial charge in [-0.3, -0.25) is 4.79 Å². The van der Waals surface area contributed by atoms with Gasteiger partial charge in [-0.2, -0.15) is 0 Å². The number of amides is 1. The van der Waals surface area contributed by atoms with Crippen LogP contribution in [0.5, 0.6) is 0 Å². The molecule has 2 nitrogen and oxygen atoms in total. The smallest absolute Gasteiger partial charge is 0.227 e. The van der Waals surface area contributed by atoms with Crippen LogP contribution in [0.1, 0.15) is 16.4 Å². The fraction of sp³-hybridized carbons (Fsp3) is 0.133. The van der Waals surface area contributed by atoms with E-state index in [-0.39, 0.29) is 22.6 Å². The summed E-state index contributed by atoms with van der Waals surface area (Å²) in [5.74, 6) is -1.13. The SMILES string of the molecule is NC(=O)CSC(c1cccc(F)c1)c1cccc(F)c1. The summed E-state index contributed by atoms with van der Waals surface area (Å²) in [7, 11) is 0. The Balaban J connectivity index is 2.36. The molecular formula is C15H13F2NOS. The number of primary amides is 1. The fourth-order valence-electron chi connectivity index (χ4n) is 1.89. The average molecular weight is 293 g/mol. The van der Waals surface area contributed by atoms with E-state index in [4.69, 9.17) is 5.73 Å². The van der Waals surface area contributed by atoms with Gasteiger partial charge in [0.1, 0.15) is 11.6 Å². The fourth-order valence-corrected chi connectivity index (χ4v) is 2.90. The van der Waals surface area contributed by atoms with Crippen molar-refractivity contribution in [1.29, 1.82) is 0 Å². The molecule has 0 heterocycles. The van der Waals surface area contributed by atoms with Gasteiger partial charge >= 0.3 is 0 Å². The van der Waals surface area contributed by atoms with Crippen molar-refractivity contribution < 1.29 is 13.6 Å². The van der Waals surface area contributed by atoms with Gasteiger partial charge in [0.2, 0.25) is 5.91 Å². The Morgan fingerprint density at radius 3 is 1.95 bits per heavy atom. The molecule has 2 aromatic rings. The highest BCUT2D eigenvalue weighted by atomic mass is 32.2. The molecule has 1 amide bonds. The molecule has 0 unspecified atom stereocenters. The average Bonchev–Trinajstić information content (AvgIpc) is 2.39. The molecule has 2 N–H and O–H groups in total. The summed E-state index contributed by atoms with van der Waals surface area (Å²) in [6, 6.07) is 12.1. The Kier molecular flexibility index (Phi) is 4.74. The number of carbonyl (C=O) groups is 1. The molecule has 0 aliphatic heterocycles. The number of benzene rings is 2. The Hall–Kier alpha value is -1.88. The van der Waals surface area contributed by atoms with E-state index in [1.807, 2.05) is 0 Å². The summed E-state index contributed by atoms with van der Waals surface area (Å²) < 4.78 is 26.7. The highest BCUT2D eigenvalue weighted by Crippen LogP contribution is 2.35. The molecule has 20 heavy (non-hydrogen) atoms. The van der Waals surface area contributed by atoms with Crippen LogP contribution in [0.2, 0.25) is 0 Å². The first-order valence-electron chi connectivity index (χ1n) is 5.97. The van der Waals surface area contributed by atoms with Crippen LogP contribution in [-0.2, 0) is 4.79 Å². The predicted octanol–water partition coefficient (Wildman–Crippen LogP) is 3.27. The van der Waals surface area contributed by atoms with E-state index >= 15 is 0 Å². The second kappa shape index (κ2) is 6.52. The number of rotatable bonds is 5. The number of hydrogen-bond donors (Lipinski definition) is 1. The van der Waals surface area contributed by atoms with Crippen LogP contribution in [0.3, 0.4) is 0 Å². The van der Waals surface area contributed by atoms with Gasteiger partial charge in [0.05, 0.1) is 11.0 Å². The molecule has 2 aromatic carbocycles. The van der Waals surface area contributed by atoms with Crippen molar-refractivity contribution in [3.8, 4) is 0 Å². The lowest BCUT2D eigenvalue weighted by Gasteiger charge is -2.17. The molecule has 104 valence electrons. The van der Waals surface area contributed by atoms with Gasteiger partial charge in [0.15, 0.2) is 0 Å². The molecule has 0 saturated heterocycles. The summed E-state index contributed by atoms with van der Waals surface area (Å²) in [6.07, 6.45) is 0. The summed E-state index contributed by atoms with van der Waals surface area (Å²) >= 11 is 1.25. The second-order valence-electron chi connectivity index (χ2n) is 4.27. The molecule has 0 aromatic heterocycles. The third kappa shape index (κ3) is 3.81. The molecule has 0 spiro atoms. The van der Waals surface area contributed by atoms with Crippen LogP contribution in [-0.4, -0.2) is 11.7 Å². The highest BCUT2D eigenvalue weighted by Gasteiger charge is 2.17. The lowest BCUT2D eigenvalue weighted by Crippen LogP contribution is -2.14. The van der Waals surface area contributed by atoms with E-state index < -0.39 is 5.91 Å². The Morgan fingerprint density at radius 1 is 1.05 bits per heavy atom. The first-order chi connectivity index (χ1) is 9.56. The van der Waals surface area contributed by atoms with Crippen LogP contribution in [0.15, 0.2) is 48.5 Å². The molecular weight excluding hydrogens is 280 g/mol. The molecule has 2 rings (SSSR count). The molecule has 0 fully saturated rings. The van der Waals surface area contributed by atoms with Crippen molar-refractivity contribution in [3.63, 3.8) is 0 Å². The third-order valence-electron chi connectivity index (χ3n) is 2.70. The van der Waals surface area contributed by atoms with Crippen molar-refractivity contribution in [3.05, 3.63) is 71.3 Å². The van der Waals surface area contributed by atoms with E-state index in [2.05, 4.69) is 0 Å². The van der Waals surface area contributed by atoms with Gasteiger partial charge in [-0.05, 0) is 35.4 Å². The first-order valence-corrected chi connectivity index (χ1v) is 7.02. The zero-order valence-electron chi connectivity index (χ0n) is 10.6. The van der Waals surface area contributed by atoms with Crippen LogP contribution in [0, 0.1) is 11.6 Å². The largest absolute Gasteiger partial charge is 0.369 e. The maximum Gasteiger partial charge on any atom is 0.227 e. The van der Waals surface area contributed by atoms with Crippen molar-refractivity contribution in [1.82, 2.24) is 0 Å². The number of halogens is 2. The van der Waals surface area contributed by atoms with Crippen LogP contribution >= 0.6 is 11.8 Å². The van der Waals surface area contributed by atoms with Crippen molar-refractivity contribution in [2.75, 3.05) is 5.75 Å². The van der Waals surface area contributed by atoms with Crippen LogP contribution < -0.4 is 5.73 Å². The Bertz CT molecular complexity index is 573. The third-order valence-corrected chi connectivity index (χ3v) is 4.02. The number of carbonyl (C=O) groups excluding carboxylic acids is 1. The minimum absolute atomic E-state index is 0.0810. The van der Waals surface area contributed by atoms with Gasteiger partial charge in [-0.1, -0.05) is 24.3 Å².